The van der Waals surface area contributed by atoms with Gasteiger partial charge in [-0.05, 0) is 12.8 Å². The van der Waals surface area contributed by atoms with Crippen LogP contribution in [0.1, 0.15) is 32.1 Å². The van der Waals surface area contributed by atoms with Gasteiger partial charge in [-0.3, -0.25) is 19.3 Å². The average molecular weight is 280 g/mol. The summed E-state index contributed by atoms with van der Waals surface area (Å²) in [6.07, 6.45) is 1.62. The van der Waals surface area contributed by atoms with Gasteiger partial charge in [-0.1, -0.05) is 12.8 Å². The van der Waals surface area contributed by atoms with E-state index in [4.69, 9.17) is 10.3 Å². The predicted molar refractivity (Wildman–Crippen MR) is 60.9 cm³/mol. The minimum atomic E-state index is -2.47. The maximum absolute atomic E-state index is 11.7. The van der Waals surface area contributed by atoms with Crippen molar-refractivity contribution in [3.8, 4) is 0 Å². The summed E-state index contributed by atoms with van der Waals surface area (Å²) in [4.78, 5) is 22.3. The Hall–Kier alpha value is -1.03. The molecule has 4 N–H and O–H groups in total. The largest absolute Gasteiger partial charge is 0.481 e. The van der Waals surface area contributed by atoms with Crippen LogP contribution in [0.25, 0.3) is 0 Å². The van der Waals surface area contributed by atoms with Crippen LogP contribution in [0.3, 0.4) is 0 Å². The molecule has 18 heavy (non-hydrogen) atoms. The number of hydrogen-bond donors (Lipinski definition) is 4. The van der Waals surface area contributed by atoms with Crippen molar-refractivity contribution < 1.29 is 28.7 Å². The molecule has 0 heterocycles. The van der Waals surface area contributed by atoms with Crippen molar-refractivity contribution in [2.45, 2.75) is 37.6 Å². The zero-order valence-electron chi connectivity index (χ0n) is 9.66. The molecule has 1 fully saturated rings. The Balaban J connectivity index is 2.95. The lowest BCUT2D eigenvalue weighted by Gasteiger charge is -2.35. The first-order valence-corrected chi connectivity index (χ1v) is 6.55. The van der Waals surface area contributed by atoms with E-state index in [1.54, 1.807) is 0 Å². The van der Waals surface area contributed by atoms with Gasteiger partial charge in [-0.2, -0.15) is 4.31 Å². The first-order valence-electron chi connectivity index (χ1n) is 5.49. The van der Waals surface area contributed by atoms with E-state index in [0.29, 0.717) is 25.7 Å². The van der Waals surface area contributed by atoms with Crippen LogP contribution in [-0.4, -0.2) is 47.3 Å². The fraction of sp³-hybridized carbons (Fsp3) is 0.778. The lowest BCUT2D eigenvalue weighted by Crippen LogP contribution is -2.57. The molecular weight excluding hydrogens is 264 g/mol. The van der Waals surface area contributed by atoms with Gasteiger partial charge in [-0.15, -0.1) is 0 Å². The van der Waals surface area contributed by atoms with Gasteiger partial charge in [0.2, 0.25) is 11.3 Å². The summed E-state index contributed by atoms with van der Waals surface area (Å²) in [6.45, 7) is -0.230. The van der Waals surface area contributed by atoms with Gasteiger partial charge in [0.25, 0.3) is 5.91 Å². The summed E-state index contributed by atoms with van der Waals surface area (Å²) < 4.78 is 21.5. The van der Waals surface area contributed by atoms with Crippen molar-refractivity contribution in [1.29, 1.82) is 0 Å². The zero-order valence-corrected chi connectivity index (χ0v) is 10.5. The van der Waals surface area contributed by atoms with Gasteiger partial charge in [0, 0.05) is 6.54 Å². The second-order valence-corrected chi connectivity index (χ2v) is 5.06. The quantitative estimate of drug-likeness (QED) is 0.301. The number of hydroxylamine groups is 1. The third-order valence-electron chi connectivity index (χ3n) is 3.15. The lowest BCUT2D eigenvalue weighted by molar-refractivity contribution is -0.141. The van der Waals surface area contributed by atoms with Crippen LogP contribution < -0.4 is 5.48 Å². The van der Waals surface area contributed by atoms with Crippen molar-refractivity contribution in [3.05, 3.63) is 0 Å². The Kier molecular flexibility index (Phi) is 5.20. The minimum absolute atomic E-state index is 0.230. The van der Waals surface area contributed by atoms with Crippen LogP contribution in [0.5, 0.6) is 0 Å². The molecule has 1 amide bonds. The summed E-state index contributed by atoms with van der Waals surface area (Å²) in [5.41, 5.74) is 0.195. The molecule has 1 saturated carbocycles. The second-order valence-electron chi connectivity index (χ2n) is 4.16. The summed E-state index contributed by atoms with van der Waals surface area (Å²) >= 11 is -2.47. The Labute approximate surface area is 106 Å². The summed E-state index contributed by atoms with van der Waals surface area (Å²) in [5, 5.41) is 17.4. The molecule has 104 valence electrons. The molecule has 0 aliphatic heterocycles. The van der Waals surface area contributed by atoms with Crippen molar-refractivity contribution >= 4 is 23.1 Å². The van der Waals surface area contributed by atoms with Gasteiger partial charge in [0.05, 0.1) is 6.42 Å². The van der Waals surface area contributed by atoms with Crippen molar-refractivity contribution in [2.24, 2.45) is 0 Å². The number of aliphatic carboxylic acids is 1. The number of nitrogens with one attached hydrogen (secondary N) is 1. The number of carbonyl (C=O) groups excluding carboxylic acids is 1. The molecule has 0 aromatic heterocycles. The van der Waals surface area contributed by atoms with Crippen LogP contribution in [0.2, 0.25) is 0 Å². The Morgan fingerprint density at radius 1 is 1.33 bits per heavy atom. The van der Waals surface area contributed by atoms with Gasteiger partial charge < -0.3 is 5.11 Å². The summed E-state index contributed by atoms with van der Waals surface area (Å²) in [6, 6.07) is 0. The lowest BCUT2D eigenvalue weighted by atomic mass is 9.96. The molecule has 8 nitrogen and oxygen atoms in total. The van der Waals surface area contributed by atoms with E-state index in [1.807, 2.05) is 0 Å². The molecular formula is C9H16N2O6S. The molecule has 0 saturated heterocycles. The fourth-order valence-corrected chi connectivity index (χ4v) is 3.10. The van der Waals surface area contributed by atoms with E-state index in [-0.39, 0.29) is 13.0 Å². The van der Waals surface area contributed by atoms with Gasteiger partial charge in [0.1, 0.15) is 5.54 Å². The topological polar surface area (TPSA) is 127 Å². The molecule has 9 heteroatoms. The average Bonchev–Trinajstić information content (AvgIpc) is 2.77. The Bertz CT molecular complexity index is 355. The highest BCUT2D eigenvalue weighted by Crippen LogP contribution is 2.36. The second kappa shape index (κ2) is 6.23. The highest BCUT2D eigenvalue weighted by Gasteiger charge is 2.48. The number of carboxylic acids is 1. The van der Waals surface area contributed by atoms with Gasteiger partial charge in [-0.25, -0.2) is 9.69 Å². The third-order valence-corrected chi connectivity index (χ3v) is 4.06. The van der Waals surface area contributed by atoms with E-state index in [0.717, 1.165) is 4.31 Å². The zero-order chi connectivity index (χ0) is 13.8. The maximum Gasteiger partial charge on any atom is 0.304 e. The van der Waals surface area contributed by atoms with Crippen LogP contribution >= 0.6 is 0 Å². The number of amides is 1. The smallest absolute Gasteiger partial charge is 0.304 e. The molecule has 1 atom stereocenters. The van der Waals surface area contributed by atoms with E-state index >= 15 is 0 Å². The molecule has 0 spiro atoms. The van der Waals surface area contributed by atoms with Crippen molar-refractivity contribution in [3.63, 3.8) is 0 Å². The summed E-state index contributed by atoms with van der Waals surface area (Å²) in [5.74, 6) is -1.89. The van der Waals surface area contributed by atoms with E-state index < -0.39 is 28.7 Å². The minimum Gasteiger partial charge on any atom is -0.481 e. The summed E-state index contributed by atoms with van der Waals surface area (Å²) in [7, 11) is 0. The Morgan fingerprint density at radius 2 is 1.89 bits per heavy atom. The number of nitrogens with zero attached hydrogens (tertiary/aromatic N) is 1. The number of carbonyl (C=O) groups is 2. The first-order chi connectivity index (χ1) is 8.44. The molecule has 0 bridgehead atoms. The van der Waals surface area contributed by atoms with Crippen molar-refractivity contribution in [2.75, 3.05) is 6.54 Å². The molecule has 1 aliphatic rings. The van der Waals surface area contributed by atoms with Crippen LogP contribution in [0.4, 0.5) is 0 Å². The fourth-order valence-electron chi connectivity index (χ4n) is 2.29. The van der Waals surface area contributed by atoms with Gasteiger partial charge >= 0.3 is 5.97 Å². The van der Waals surface area contributed by atoms with Gasteiger partial charge in [0.15, 0.2) is 0 Å². The normalized spacial score (nSPS) is 19.7. The number of hydrogen-bond acceptors (Lipinski definition) is 4. The predicted octanol–water partition coefficient (Wildman–Crippen LogP) is -0.282. The van der Waals surface area contributed by atoms with E-state index in [9.17, 15) is 18.4 Å². The SMILES string of the molecule is O=C(O)CCN(S(=O)O)C1(C(=O)NO)CCCC1. The van der Waals surface area contributed by atoms with Crippen LogP contribution in [0.15, 0.2) is 0 Å². The maximum atomic E-state index is 11.7. The van der Waals surface area contributed by atoms with Crippen LogP contribution in [-0.2, 0) is 20.9 Å². The molecule has 1 aliphatic carbocycles. The number of rotatable bonds is 6. The van der Waals surface area contributed by atoms with Crippen molar-refractivity contribution in [1.82, 2.24) is 9.79 Å². The first kappa shape index (κ1) is 15.0. The van der Waals surface area contributed by atoms with E-state index in [2.05, 4.69) is 0 Å². The number of carboxylic acid groups (broad SMARTS) is 1. The highest BCUT2D eigenvalue weighted by atomic mass is 32.2. The van der Waals surface area contributed by atoms with E-state index in [1.165, 1.54) is 5.48 Å². The monoisotopic (exact) mass is 280 g/mol. The van der Waals surface area contributed by atoms with Crippen LogP contribution in [0, 0.1) is 0 Å². The molecule has 0 aromatic carbocycles. The highest BCUT2D eigenvalue weighted by molar-refractivity contribution is 7.76. The molecule has 0 aromatic rings. The molecule has 0 radical (unpaired) electrons. The molecule has 1 unspecified atom stereocenters. The molecule has 1 rings (SSSR count). The Morgan fingerprint density at radius 3 is 2.28 bits per heavy atom. The standard InChI is InChI=1S/C9H16N2O6S/c12-7(13)3-6-11(18(16)17)9(8(14)10-15)4-1-2-5-9/h15H,1-6H2,(H,10,14)(H,12,13)(H,16,17). The third kappa shape index (κ3) is 3.05.